The average Bonchev–Trinajstić information content (AvgIpc) is 2.28. The summed E-state index contributed by atoms with van der Waals surface area (Å²) in [6.07, 6.45) is 1.64. The number of thioether (sulfide) groups is 1. The minimum atomic E-state index is -0.650. The highest BCUT2D eigenvalue weighted by atomic mass is 35.5. The third kappa shape index (κ3) is 4.00. The number of pyridine rings is 1. The summed E-state index contributed by atoms with van der Waals surface area (Å²) in [5, 5.41) is 1.23. The molecule has 1 rings (SSSR count). The highest BCUT2D eigenvalue weighted by Crippen LogP contribution is 2.24. The van der Waals surface area contributed by atoms with Crippen molar-refractivity contribution >= 4 is 29.3 Å². The Morgan fingerprint density at radius 2 is 2.50 bits per heavy atom. The SMILES string of the molecule is CCOC(=O)C(N)CSc1ncccc1Cl. The maximum atomic E-state index is 11.2. The van der Waals surface area contributed by atoms with E-state index in [4.69, 9.17) is 22.1 Å². The van der Waals surface area contributed by atoms with Crippen molar-refractivity contribution in [3.63, 3.8) is 0 Å². The van der Waals surface area contributed by atoms with E-state index in [1.165, 1.54) is 11.8 Å². The summed E-state index contributed by atoms with van der Waals surface area (Å²) in [6, 6.07) is 2.84. The third-order valence-electron chi connectivity index (χ3n) is 1.71. The number of ether oxygens (including phenoxy) is 1. The van der Waals surface area contributed by atoms with Crippen molar-refractivity contribution in [1.82, 2.24) is 4.98 Å². The zero-order valence-electron chi connectivity index (χ0n) is 8.85. The topological polar surface area (TPSA) is 65.2 Å². The number of carbonyl (C=O) groups is 1. The van der Waals surface area contributed by atoms with E-state index < -0.39 is 12.0 Å². The minimum absolute atomic E-state index is 0.335. The van der Waals surface area contributed by atoms with Crippen LogP contribution in [0.2, 0.25) is 5.02 Å². The van der Waals surface area contributed by atoms with E-state index in [1.54, 1.807) is 25.3 Å². The molecule has 1 atom stereocenters. The maximum Gasteiger partial charge on any atom is 0.323 e. The van der Waals surface area contributed by atoms with Crippen LogP contribution in [0.3, 0.4) is 0 Å². The van der Waals surface area contributed by atoms with E-state index in [0.717, 1.165) is 0 Å². The summed E-state index contributed by atoms with van der Waals surface area (Å²) in [7, 11) is 0. The molecule has 0 aromatic carbocycles. The first-order chi connectivity index (χ1) is 7.65. The van der Waals surface area contributed by atoms with E-state index in [2.05, 4.69) is 4.98 Å². The van der Waals surface area contributed by atoms with Gasteiger partial charge in [-0.15, -0.1) is 11.8 Å². The van der Waals surface area contributed by atoms with Crippen molar-refractivity contribution in [3.8, 4) is 0 Å². The second-order valence-electron chi connectivity index (χ2n) is 2.96. The lowest BCUT2D eigenvalue weighted by molar-refractivity contribution is -0.144. The van der Waals surface area contributed by atoms with Gasteiger partial charge in [0.1, 0.15) is 11.1 Å². The van der Waals surface area contributed by atoms with Crippen molar-refractivity contribution in [2.75, 3.05) is 12.4 Å². The Balaban J connectivity index is 2.46. The largest absolute Gasteiger partial charge is 0.465 e. The first-order valence-corrected chi connectivity index (χ1v) is 6.17. The van der Waals surface area contributed by atoms with E-state index in [-0.39, 0.29) is 0 Å². The molecule has 0 amide bonds. The molecule has 1 aromatic heterocycles. The van der Waals surface area contributed by atoms with Gasteiger partial charge in [0.2, 0.25) is 0 Å². The van der Waals surface area contributed by atoms with E-state index >= 15 is 0 Å². The van der Waals surface area contributed by atoms with Crippen molar-refractivity contribution in [3.05, 3.63) is 23.4 Å². The van der Waals surface area contributed by atoms with E-state index in [0.29, 0.717) is 22.4 Å². The van der Waals surface area contributed by atoms with Crippen LogP contribution in [0.4, 0.5) is 0 Å². The van der Waals surface area contributed by atoms with Gasteiger partial charge in [-0.05, 0) is 19.1 Å². The van der Waals surface area contributed by atoms with Crippen LogP contribution >= 0.6 is 23.4 Å². The summed E-state index contributed by atoms with van der Waals surface area (Å²) in [4.78, 5) is 15.3. The van der Waals surface area contributed by atoms with Crippen molar-refractivity contribution < 1.29 is 9.53 Å². The van der Waals surface area contributed by atoms with Crippen LogP contribution in [-0.2, 0) is 9.53 Å². The lowest BCUT2D eigenvalue weighted by Crippen LogP contribution is -2.34. The Hall–Kier alpha value is -0.780. The van der Waals surface area contributed by atoms with Crippen LogP contribution in [-0.4, -0.2) is 29.4 Å². The molecule has 0 aliphatic rings. The smallest absolute Gasteiger partial charge is 0.323 e. The Morgan fingerprint density at radius 3 is 3.12 bits per heavy atom. The first kappa shape index (κ1) is 13.3. The van der Waals surface area contributed by atoms with Crippen LogP contribution in [0, 0.1) is 0 Å². The molecule has 0 fully saturated rings. The van der Waals surface area contributed by atoms with E-state index in [9.17, 15) is 4.79 Å². The van der Waals surface area contributed by atoms with Gasteiger partial charge in [-0.25, -0.2) is 4.98 Å². The van der Waals surface area contributed by atoms with Crippen LogP contribution in [0.25, 0.3) is 0 Å². The van der Waals surface area contributed by atoms with E-state index in [1.807, 2.05) is 0 Å². The Morgan fingerprint density at radius 1 is 1.75 bits per heavy atom. The van der Waals surface area contributed by atoms with Gasteiger partial charge in [0.15, 0.2) is 0 Å². The molecule has 0 aliphatic heterocycles. The Bertz CT molecular complexity index is 362. The van der Waals surface area contributed by atoms with Gasteiger partial charge in [-0.3, -0.25) is 4.79 Å². The molecule has 88 valence electrons. The molecule has 0 spiro atoms. The van der Waals surface area contributed by atoms with Gasteiger partial charge in [0.25, 0.3) is 0 Å². The zero-order valence-corrected chi connectivity index (χ0v) is 10.4. The Kier molecular flexibility index (Phi) is 5.59. The number of hydrogen-bond acceptors (Lipinski definition) is 5. The van der Waals surface area contributed by atoms with Crippen molar-refractivity contribution in [1.29, 1.82) is 0 Å². The molecule has 0 saturated heterocycles. The van der Waals surface area contributed by atoms with Crippen LogP contribution < -0.4 is 5.73 Å². The Labute approximate surface area is 104 Å². The fourth-order valence-electron chi connectivity index (χ4n) is 0.963. The summed E-state index contributed by atoms with van der Waals surface area (Å²) in [6.45, 7) is 2.08. The molecule has 4 nitrogen and oxygen atoms in total. The highest BCUT2D eigenvalue weighted by molar-refractivity contribution is 7.99. The normalized spacial score (nSPS) is 12.2. The maximum absolute atomic E-state index is 11.2. The number of carbonyl (C=O) groups excluding carboxylic acids is 1. The van der Waals surface area contributed by atoms with Gasteiger partial charge in [0, 0.05) is 11.9 Å². The summed E-state index contributed by atoms with van der Waals surface area (Å²) >= 11 is 7.25. The minimum Gasteiger partial charge on any atom is -0.465 e. The summed E-state index contributed by atoms with van der Waals surface area (Å²) < 4.78 is 4.79. The number of halogens is 1. The molecule has 0 radical (unpaired) electrons. The van der Waals surface area contributed by atoms with Gasteiger partial charge in [-0.1, -0.05) is 11.6 Å². The standard InChI is InChI=1S/C10H13ClN2O2S/c1-2-15-10(14)8(12)6-16-9-7(11)4-3-5-13-9/h3-5,8H,2,6,12H2,1H3. The highest BCUT2D eigenvalue weighted by Gasteiger charge is 2.15. The molecule has 2 N–H and O–H groups in total. The molecule has 1 unspecified atom stereocenters. The molecule has 0 saturated carbocycles. The third-order valence-corrected chi connectivity index (χ3v) is 3.26. The second kappa shape index (κ2) is 6.73. The molecule has 1 aromatic rings. The molecule has 1 heterocycles. The lowest BCUT2D eigenvalue weighted by Gasteiger charge is -2.09. The predicted molar refractivity (Wildman–Crippen MR) is 64.6 cm³/mol. The molecular weight excluding hydrogens is 248 g/mol. The van der Waals surface area contributed by atoms with Crippen molar-refractivity contribution in [2.24, 2.45) is 5.73 Å². The fraction of sp³-hybridized carbons (Fsp3) is 0.400. The number of nitrogens with zero attached hydrogens (tertiary/aromatic N) is 1. The molecule has 16 heavy (non-hydrogen) atoms. The predicted octanol–water partition coefficient (Wildman–Crippen LogP) is 1.72. The summed E-state index contributed by atoms with van der Waals surface area (Å²) in [5.41, 5.74) is 5.63. The van der Waals surface area contributed by atoms with Crippen LogP contribution in [0.5, 0.6) is 0 Å². The quantitative estimate of drug-likeness (QED) is 0.645. The molecule has 6 heteroatoms. The number of esters is 1. The number of rotatable bonds is 5. The molecular formula is C10H13ClN2O2S. The lowest BCUT2D eigenvalue weighted by atomic mass is 10.4. The number of nitrogens with two attached hydrogens (primary N) is 1. The van der Waals surface area contributed by atoms with Gasteiger partial charge in [0.05, 0.1) is 11.6 Å². The molecule has 0 aliphatic carbocycles. The fourth-order valence-corrected chi connectivity index (χ4v) is 2.06. The second-order valence-corrected chi connectivity index (χ2v) is 4.38. The molecule has 0 bridgehead atoms. The average molecular weight is 261 g/mol. The first-order valence-electron chi connectivity index (χ1n) is 4.80. The van der Waals surface area contributed by atoms with Crippen molar-refractivity contribution in [2.45, 2.75) is 18.0 Å². The monoisotopic (exact) mass is 260 g/mol. The van der Waals surface area contributed by atoms with Gasteiger partial charge in [-0.2, -0.15) is 0 Å². The summed E-state index contributed by atoms with van der Waals surface area (Å²) in [5.74, 6) is -0.00250. The van der Waals surface area contributed by atoms with Crippen LogP contribution in [0.15, 0.2) is 23.4 Å². The number of aromatic nitrogens is 1. The van der Waals surface area contributed by atoms with Gasteiger partial charge < -0.3 is 10.5 Å². The number of hydrogen-bond donors (Lipinski definition) is 1. The van der Waals surface area contributed by atoms with Gasteiger partial charge >= 0.3 is 5.97 Å². The zero-order chi connectivity index (χ0) is 12.0. The van der Waals surface area contributed by atoms with Crippen LogP contribution in [0.1, 0.15) is 6.92 Å².